The van der Waals surface area contributed by atoms with Crippen LogP contribution in [0.2, 0.25) is 0 Å². The number of hydrogen-bond donors (Lipinski definition) is 1. The second-order valence-corrected chi connectivity index (χ2v) is 5.29. The molecule has 1 aromatic heterocycles. The van der Waals surface area contributed by atoms with Crippen LogP contribution < -0.4 is 5.43 Å². The Labute approximate surface area is 119 Å². The van der Waals surface area contributed by atoms with Gasteiger partial charge in [-0.25, -0.2) is 0 Å². The van der Waals surface area contributed by atoms with Gasteiger partial charge in [0.25, 0.3) is 0 Å². The van der Waals surface area contributed by atoms with Gasteiger partial charge in [0.1, 0.15) is 17.1 Å². The Balaban J connectivity index is 2.35. The average molecular weight is 274 g/mol. The second kappa shape index (κ2) is 6.60. The summed E-state index contributed by atoms with van der Waals surface area (Å²) in [6, 6.07) is 6.24. The molecular weight excluding hydrogens is 252 g/mol. The molecule has 0 spiro atoms. The highest BCUT2D eigenvalue weighted by molar-refractivity contribution is 5.77. The van der Waals surface area contributed by atoms with E-state index in [1.54, 1.807) is 12.1 Å². The summed E-state index contributed by atoms with van der Waals surface area (Å²) in [7, 11) is 0. The Bertz CT molecular complexity index is 628. The van der Waals surface area contributed by atoms with Gasteiger partial charge in [-0.15, -0.1) is 0 Å². The number of phenols is 1. The third-order valence-electron chi connectivity index (χ3n) is 3.78. The van der Waals surface area contributed by atoms with Crippen molar-refractivity contribution in [1.29, 1.82) is 0 Å². The van der Waals surface area contributed by atoms with E-state index in [0.717, 1.165) is 25.0 Å². The molecule has 108 valence electrons. The van der Waals surface area contributed by atoms with Crippen molar-refractivity contribution in [3.8, 4) is 5.75 Å². The van der Waals surface area contributed by atoms with Crippen molar-refractivity contribution in [2.75, 3.05) is 0 Å². The first-order valence-corrected chi connectivity index (χ1v) is 7.42. The van der Waals surface area contributed by atoms with Crippen LogP contribution in [0.3, 0.4) is 0 Å². The number of fused-ring (bicyclic) bond motifs is 1. The van der Waals surface area contributed by atoms with E-state index in [9.17, 15) is 9.90 Å². The Morgan fingerprint density at radius 1 is 1.20 bits per heavy atom. The summed E-state index contributed by atoms with van der Waals surface area (Å²) >= 11 is 0. The van der Waals surface area contributed by atoms with E-state index < -0.39 is 0 Å². The van der Waals surface area contributed by atoms with E-state index in [-0.39, 0.29) is 17.1 Å². The first-order chi connectivity index (χ1) is 9.65. The molecule has 0 aliphatic carbocycles. The normalized spacial score (nSPS) is 12.7. The maximum atomic E-state index is 12.1. The Morgan fingerprint density at radius 3 is 2.70 bits per heavy atom. The van der Waals surface area contributed by atoms with Crippen molar-refractivity contribution in [3.05, 3.63) is 40.2 Å². The first-order valence-electron chi connectivity index (χ1n) is 7.42. The highest BCUT2D eigenvalue weighted by Gasteiger charge is 2.14. The Morgan fingerprint density at radius 2 is 2.00 bits per heavy atom. The summed E-state index contributed by atoms with van der Waals surface area (Å²) in [5, 5.41) is 10.0. The van der Waals surface area contributed by atoms with Crippen molar-refractivity contribution < 1.29 is 9.52 Å². The van der Waals surface area contributed by atoms with Crippen LogP contribution >= 0.6 is 0 Å². The molecule has 1 aromatic carbocycles. The highest BCUT2D eigenvalue weighted by atomic mass is 16.3. The van der Waals surface area contributed by atoms with E-state index >= 15 is 0 Å². The van der Waals surface area contributed by atoms with Gasteiger partial charge in [-0.3, -0.25) is 4.79 Å². The molecule has 1 atom stereocenters. The molecule has 0 bridgehead atoms. The predicted octanol–water partition coefficient (Wildman–Crippen LogP) is 4.57. The second-order valence-electron chi connectivity index (χ2n) is 5.29. The summed E-state index contributed by atoms with van der Waals surface area (Å²) in [5.41, 5.74) is 0.441. The fourth-order valence-electron chi connectivity index (χ4n) is 2.55. The molecule has 2 rings (SSSR count). The third-order valence-corrected chi connectivity index (χ3v) is 3.78. The van der Waals surface area contributed by atoms with Crippen LogP contribution in [0.4, 0.5) is 0 Å². The molecule has 0 aliphatic heterocycles. The minimum atomic E-state index is -0.0322. The largest absolute Gasteiger partial charge is 0.508 e. The molecule has 0 saturated heterocycles. The summed E-state index contributed by atoms with van der Waals surface area (Å²) in [6.45, 7) is 4.29. The molecule has 0 aliphatic rings. The molecule has 1 unspecified atom stereocenters. The molecule has 3 nitrogen and oxygen atoms in total. The van der Waals surface area contributed by atoms with Gasteiger partial charge in [0.2, 0.25) is 0 Å². The molecule has 1 N–H and O–H groups in total. The van der Waals surface area contributed by atoms with Gasteiger partial charge in [0.05, 0.1) is 5.39 Å². The fourth-order valence-corrected chi connectivity index (χ4v) is 2.55. The minimum absolute atomic E-state index is 0.0322. The van der Waals surface area contributed by atoms with Crippen molar-refractivity contribution >= 4 is 11.0 Å². The van der Waals surface area contributed by atoms with Crippen LogP contribution in [0.25, 0.3) is 11.0 Å². The fraction of sp³-hybridized carbons (Fsp3) is 0.471. The van der Waals surface area contributed by atoms with Crippen LogP contribution in [-0.4, -0.2) is 5.11 Å². The molecule has 0 radical (unpaired) electrons. The summed E-state index contributed by atoms with van der Waals surface area (Å²) in [6.07, 6.45) is 5.53. The molecule has 0 fully saturated rings. The zero-order valence-corrected chi connectivity index (χ0v) is 12.2. The standard InChI is InChI=1S/C17H22O3/c1-3-5-6-7-12(4-2)16-11-15(19)14-9-8-13(18)10-17(14)20-16/h8-12,18H,3-7H2,1-2H3. The van der Waals surface area contributed by atoms with Crippen molar-refractivity contribution in [3.63, 3.8) is 0 Å². The minimum Gasteiger partial charge on any atom is -0.508 e. The van der Waals surface area contributed by atoms with Crippen molar-refractivity contribution in [2.45, 2.75) is 51.9 Å². The SMILES string of the molecule is CCCCCC(CC)c1cc(=O)c2ccc(O)cc2o1. The van der Waals surface area contributed by atoms with E-state index in [1.165, 1.54) is 25.0 Å². The van der Waals surface area contributed by atoms with Crippen LogP contribution in [0.1, 0.15) is 57.6 Å². The van der Waals surface area contributed by atoms with Crippen molar-refractivity contribution in [1.82, 2.24) is 0 Å². The van der Waals surface area contributed by atoms with Gasteiger partial charge < -0.3 is 9.52 Å². The summed E-state index contributed by atoms with van der Waals surface area (Å²) < 4.78 is 5.85. The van der Waals surface area contributed by atoms with Gasteiger partial charge in [0, 0.05) is 18.1 Å². The molecule has 2 aromatic rings. The van der Waals surface area contributed by atoms with Crippen LogP contribution in [0.5, 0.6) is 5.75 Å². The summed E-state index contributed by atoms with van der Waals surface area (Å²) in [5.74, 6) is 1.14. The lowest BCUT2D eigenvalue weighted by molar-refractivity contribution is 0.436. The van der Waals surface area contributed by atoms with Crippen molar-refractivity contribution in [2.24, 2.45) is 0 Å². The number of unbranched alkanes of at least 4 members (excludes halogenated alkanes) is 2. The zero-order valence-electron chi connectivity index (χ0n) is 12.2. The van der Waals surface area contributed by atoms with Crippen LogP contribution in [-0.2, 0) is 0 Å². The maximum absolute atomic E-state index is 12.1. The van der Waals surface area contributed by atoms with Gasteiger partial charge in [-0.2, -0.15) is 0 Å². The Hall–Kier alpha value is -1.77. The molecule has 0 saturated carbocycles. The van der Waals surface area contributed by atoms with Gasteiger partial charge in [-0.05, 0) is 25.0 Å². The molecule has 20 heavy (non-hydrogen) atoms. The van der Waals surface area contributed by atoms with E-state index in [0.29, 0.717) is 11.0 Å². The number of phenolic OH excluding ortho intramolecular Hbond substituents is 1. The smallest absolute Gasteiger partial charge is 0.192 e. The quantitative estimate of drug-likeness (QED) is 0.785. The van der Waals surface area contributed by atoms with E-state index in [1.807, 2.05) is 0 Å². The lowest BCUT2D eigenvalue weighted by Crippen LogP contribution is -2.06. The molecule has 1 heterocycles. The van der Waals surface area contributed by atoms with Crippen LogP contribution in [0.15, 0.2) is 33.5 Å². The van der Waals surface area contributed by atoms with Gasteiger partial charge in [-0.1, -0.05) is 33.1 Å². The first kappa shape index (κ1) is 14.6. The van der Waals surface area contributed by atoms with E-state index in [4.69, 9.17) is 4.42 Å². The lowest BCUT2D eigenvalue weighted by Gasteiger charge is -2.14. The lowest BCUT2D eigenvalue weighted by atomic mass is 9.95. The number of aromatic hydroxyl groups is 1. The maximum Gasteiger partial charge on any atom is 0.192 e. The average Bonchev–Trinajstić information content (AvgIpc) is 2.43. The highest BCUT2D eigenvalue weighted by Crippen LogP contribution is 2.28. The number of rotatable bonds is 6. The van der Waals surface area contributed by atoms with Gasteiger partial charge in [0.15, 0.2) is 5.43 Å². The molecular formula is C17H22O3. The predicted molar refractivity (Wildman–Crippen MR) is 81.3 cm³/mol. The Kier molecular flexibility index (Phi) is 4.83. The third kappa shape index (κ3) is 3.21. The van der Waals surface area contributed by atoms with Crippen LogP contribution in [0, 0.1) is 0 Å². The zero-order chi connectivity index (χ0) is 14.5. The van der Waals surface area contributed by atoms with Gasteiger partial charge >= 0.3 is 0 Å². The number of benzene rings is 1. The number of hydrogen-bond acceptors (Lipinski definition) is 3. The van der Waals surface area contributed by atoms with E-state index in [2.05, 4.69) is 13.8 Å². The molecule has 0 amide bonds. The monoisotopic (exact) mass is 274 g/mol. The molecule has 3 heteroatoms. The summed E-state index contributed by atoms with van der Waals surface area (Å²) in [4.78, 5) is 12.1. The topological polar surface area (TPSA) is 50.4 Å².